The van der Waals surface area contributed by atoms with E-state index in [1.54, 1.807) is 62.8 Å². The molecule has 0 radical (unpaired) electrons. The maximum atomic E-state index is 12.5. The molecule has 0 N–H and O–H groups in total. The highest BCUT2D eigenvalue weighted by atomic mass is 16.6. The van der Waals surface area contributed by atoms with Crippen molar-refractivity contribution in [3.63, 3.8) is 0 Å². The molecule has 0 saturated heterocycles. The van der Waals surface area contributed by atoms with E-state index in [4.69, 9.17) is 18.9 Å². The first kappa shape index (κ1) is 25.5. The number of rotatable bonds is 8. The zero-order valence-corrected chi connectivity index (χ0v) is 21.1. The van der Waals surface area contributed by atoms with Crippen LogP contribution in [-0.4, -0.2) is 42.1 Å². The number of hydrogen-bond acceptors (Lipinski definition) is 8. The first-order chi connectivity index (χ1) is 18.1. The number of aromatic nitrogens is 3. The summed E-state index contributed by atoms with van der Waals surface area (Å²) in [6.45, 7) is 0.797. The molecule has 0 atom stereocenters. The minimum atomic E-state index is -0.569. The molecule has 37 heavy (non-hydrogen) atoms. The summed E-state index contributed by atoms with van der Waals surface area (Å²) in [6.07, 6.45) is 8.77. The van der Waals surface area contributed by atoms with E-state index in [0.29, 0.717) is 34.2 Å². The van der Waals surface area contributed by atoms with Gasteiger partial charge in [0, 0.05) is 19.0 Å². The van der Waals surface area contributed by atoms with E-state index in [-0.39, 0.29) is 5.75 Å². The molecule has 9 nitrogen and oxygen atoms in total. The molecule has 2 heterocycles. The van der Waals surface area contributed by atoms with Crippen LogP contribution in [0.3, 0.4) is 0 Å². The van der Waals surface area contributed by atoms with Crippen molar-refractivity contribution in [2.24, 2.45) is 0 Å². The van der Waals surface area contributed by atoms with Crippen molar-refractivity contribution in [3.8, 4) is 29.1 Å². The van der Waals surface area contributed by atoms with Crippen LogP contribution in [0.5, 0.6) is 23.0 Å². The molecular formula is C28H28N4O5. The minimum absolute atomic E-state index is 0.261. The van der Waals surface area contributed by atoms with Crippen molar-refractivity contribution in [3.05, 3.63) is 65.2 Å². The van der Waals surface area contributed by atoms with E-state index in [2.05, 4.69) is 16.3 Å². The molecule has 1 aromatic heterocycles. The second-order valence-corrected chi connectivity index (χ2v) is 8.35. The Hall–Kier alpha value is -4.58. The highest BCUT2D eigenvalue weighted by Gasteiger charge is 2.18. The molecule has 1 aliphatic rings. The predicted octanol–water partition coefficient (Wildman–Crippen LogP) is 4.71. The van der Waals surface area contributed by atoms with Gasteiger partial charge >= 0.3 is 5.97 Å². The average molecular weight is 501 g/mol. The van der Waals surface area contributed by atoms with Gasteiger partial charge in [0.2, 0.25) is 0 Å². The quantitative estimate of drug-likeness (QED) is 0.189. The molecule has 0 unspecified atom stereocenters. The maximum absolute atomic E-state index is 12.5. The fraction of sp³-hybridized carbons (Fsp3) is 0.286. The van der Waals surface area contributed by atoms with Crippen LogP contribution in [0.1, 0.15) is 42.0 Å². The summed E-state index contributed by atoms with van der Waals surface area (Å²) in [6, 6.07) is 12.6. The van der Waals surface area contributed by atoms with Crippen molar-refractivity contribution in [2.75, 3.05) is 21.3 Å². The third kappa shape index (κ3) is 5.98. The number of hydrogen-bond donors (Lipinski definition) is 0. The second kappa shape index (κ2) is 11.9. The molecular weight excluding hydrogens is 472 g/mol. The lowest BCUT2D eigenvalue weighted by molar-refractivity contribution is -0.129. The lowest BCUT2D eigenvalue weighted by Crippen LogP contribution is -2.05. The number of nitriles is 1. The predicted molar refractivity (Wildman–Crippen MR) is 138 cm³/mol. The van der Waals surface area contributed by atoms with E-state index in [1.807, 2.05) is 4.57 Å². The number of benzene rings is 2. The Balaban J connectivity index is 1.51. The van der Waals surface area contributed by atoms with Crippen LogP contribution < -0.4 is 18.9 Å². The summed E-state index contributed by atoms with van der Waals surface area (Å²) in [7, 11) is 4.60. The number of fused-ring (bicyclic) bond motifs is 1. The summed E-state index contributed by atoms with van der Waals surface area (Å²) in [4.78, 5) is 12.5. The van der Waals surface area contributed by atoms with Crippen LogP contribution in [-0.2, 0) is 17.8 Å². The average Bonchev–Trinajstić information content (AvgIpc) is 3.18. The highest BCUT2D eigenvalue weighted by Crippen LogP contribution is 2.31. The zero-order chi connectivity index (χ0) is 26.2. The SMILES string of the molecule is COc1ccc(/C=C/C(=O)Oc2ccc(/C=C(/C#N)c3nnc4n3CCCCC4)cc2OC)cc1OC. The van der Waals surface area contributed by atoms with E-state index in [0.717, 1.165) is 43.6 Å². The molecule has 0 aliphatic carbocycles. The van der Waals surface area contributed by atoms with Gasteiger partial charge in [-0.15, -0.1) is 10.2 Å². The van der Waals surface area contributed by atoms with Gasteiger partial charge in [0.25, 0.3) is 0 Å². The highest BCUT2D eigenvalue weighted by molar-refractivity contribution is 5.90. The van der Waals surface area contributed by atoms with E-state index >= 15 is 0 Å². The van der Waals surface area contributed by atoms with Crippen LogP contribution in [0.4, 0.5) is 0 Å². The van der Waals surface area contributed by atoms with Crippen LogP contribution >= 0.6 is 0 Å². The van der Waals surface area contributed by atoms with E-state index < -0.39 is 5.97 Å². The first-order valence-electron chi connectivity index (χ1n) is 11.9. The number of ether oxygens (including phenoxy) is 4. The normalized spacial score (nSPS) is 13.4. The molecule has 2 aromatic carbocycles. The van der Waals surface area contributed by atoms with Gasteiger partial charge in [-0.25, -0.2) is 4.79 Å². The van der Waals surface area contributed by atoms with Crippen LogP contribution in [0, 0.1) is 11.3 Å². The molecule has 190 valence electrons. The Morgan fingerprint density at radius 3 is 2.38 bits per heavy atom. The number of methoxy groups -OCH3 is 3. The van der Waals surface area contributed by atoms with Crippen molar-refractivity contribution in [1.82, 2.24) is 14.8 Å². The Labute approximate surface area is 215 Å². The maximum Gasteiger partial charge on any atom is 0.336 e. The van der Waals surface area contributed by atoms with Gasteiger partial charge < -0.3 is 23.5 Å². The number of carbonyl (C=O) groups is 1. The fourth-order valence-corrected chi connectivity index (χ4v) is 4.12. The lowest BCUT2D eigenvalue weighted by atomic mass is 10.1. The van der Waals surface area contributed by atoms with Crippen molar-refractivity contribution in [2.45, 2.75) is 32.2 Å². The third-order valence-corrected chi connectivity index (χ3v) is 6.00. The topological polar surface area (TPSA) is 108 Å². The number of nitrogens with zero attached hydrogens (tertiary/aromatic N) is 4. The van der Waals surface area contributed by atoms with Gasteiger partial charge in [-0.1, -0.05) is 18.6 Å². The van der Waals surface area contributed by atoms with E-state index in [1.165, 1.54) is 13.2 Å². The Morgan fingerprint density at radius 1 is 0.919 bits per heavy atom. The monoisotopic (exact) mass is 500 g/mol. The summed E-state index contributed by atoms with van der Waals surface area (Å²) in [5, 5.41) is 18.4. The lowest BCUT2D eigenvalue weighted by Gasteiger charge is -2.10. The van der Waals surface area contributed by atoms with Crippen molar-refractivity contribution < 1.29 is 23.7 Å². The molecule has 0 fully saturated rings. The molecule has 3 aromatic rings. The molecule has 9 heteroatoms. The fourth-order valence-electron chi connectivity index (χ4n) is 4.12. The summed E-state index contributed by atoms with van der Waals surface area (Å²) < 4.78 is 23.5. The third-order valence-electron chi connectivity index (χ3n) is 6.00. The number of esters is 1. The van der Waals surface area contributed by atoms with Crippen molar-refractivity contribution >= 4 is 23.7 Å². The summed E-state index contributed by atoms with van der Waals surface area (Å²) in [5.41, 5.74) is 1.86. The Bertz CT molecular complexity index is 1380. The number of carbonyl (C=O) groups excluding carboxylic acids is 1. The largest absolute Gasteiger partial charge is 0.493 e. The second-order valence-electron chi connectivity index (χ2n) is 8.35. The minimum Gasteiger partial charge on any atom is -0.493 e. The molecule has 0 spiro atoms. The van der Waals surface area contributed by atoms with Gasteiger partial charge in [0.05, 0.1) is 26.9 Å². The molecule has 0 saturated carbocycles. The van der Waals surface area contributed by atoms with Crippen LogP contribution in [0.25, 0.3) is 17.7 Å². The summed E-state index contributed by atoms with van der Waals surface area (Å²) >= 11 is 0. The smallest absolute Gasteiger partial charge is 0.336 e. The molecule has 1 aliphatic heterocycles. The Kier molecular flexibility index (Phi) is 8.21. The Morgan fingerprint density at radius 2 is 1.62 bits per heavy atom. The van der Waals surface area contributed by atoms with Gasteiger partial charge in [-0.2, -0.15) is 5.26 Å². The zero-order valence-electron chi connectivity index (χ0n) is 21.1. The molecule has 4 rings (SSSR count). The van der Waals surface area contributed by atoms with E-state index in [9.17, 15) is 10.1 Å². The van der Waals surface area contributed by atoms with Gasteiger partial charge in [-0.05, 0) is 60.4 Å². The standard InChI is InChI=1S/C28H28N4O5/c1-34-22-11-8-19(16-24(22)35-2)10-13-27(33)37-23-12-9-20(17-25(23)36-3)15-21(18-29)28-31-30-26-7-5-4-6-14-32(26)28/h8-13,15-17H,4-7,14H2,1-3H3/b13-10+,21-15-. The molecule has 0 bridgehead atoms. The molecule has 0 amide bonds. The van der Waals surface area contributed by atoms with Crippen LogP contribution in [0.2, 0.25) is 0 Å². The number of allylic oxidation sites excluding steroid dienone is 1. The van der Waals surface area contributed by atoms with Gasteiger partial charge in [0.15, 0.2) is 28.8 Å². The van der Waals surface area contributed by atoms with Gasteiger partial charge in [-0.3, -0.25) is 0 Å². The van der Waals surface area contributed by atoms with Crippen LogP contribution in [0.15, 0.2) is 42.5 Å². The number of aryl methyl sites for hydroxylation is 1. The first-order valence-corrected chi connectivity index (χ1v) is 11.9. The summed E-state index contributed by atoms with van der Waals surface area (Å²) in [5.74, 6) is 2.68. The van der Waals surface area contributed by atoms with Crippen molar-refractivity contribution in [1.29, 1.82) is 5.26 Å². The van der Waals surface area contributed by atoms with Gasteiger partial charge in [0.1, 0.15) is 11.9 Å².